The van der Waals surface area contributed by atoms with Gasteiger partial charge in [-0.15, -0.1) is 0 Å². The van der Waals surface area contributed by atoms with Gasteiger partial charge in [0.25, 0.3) is 0 Å². The molecule has 7 atom stereocenters. The first-order valence-electron chi connectivity index (χ1n) is 10.0. The maximum absolute atomic E-state index is 12.2. The topological polar surface area (TPSA) is 104 Å². The molecule has 0 aromatic heterocycles. The summed E-state index contributed by atoms with van der Waals surface area (Å²) in [5, 5.41) is 32.8. The minimum Gasteiger partial charge on any atom is -0.481 e. The monoisotopic (exact) mass is 378 g/mol. The van der Waals surface area contributed by atoms with Crippen LogP contribution in [0.1, 0.15) is 59.3 Å². The molecule has 0 unspecified atom stereocenters. The molecule has 3 aliphatic carbocycles. The fourth-order valence-corrected chi connectivity index (χ4v) is 7.06. The Kier molecular flexibility index (Phi) is 3.91. The molecule has 0 spiro atoms. The maximum atomic E-state index is 12.2. The molecular formula is C21H30O6. The Morgan fingerprint density at radius 1 is 1.07 bits per heavy atom. The number of hydrogen-bond acceptors (Lipinski definition) is 5. The van der Waals surface area contributed by atoms with Crippen molar-refractivity contribution in [3.63, 3.8) is 0 Å². The highest BCUT2D eigenvalue weighted by Crippen LogP contribution is 2.68. The summed E-state index contributed by atoms with van der Waals surface area (Å²) in [6.07, 6.45) is 5.26. The van der Waals surface area contributed by atoms with Crippen molar-refractivity contribution in [2.24, 2.45) is 28.6 Å². The number of rotatable bonds is 2. The summed E-state index contributed by atoms with van der Waals surface area (Å²) < 4.78 is 5.11. The highest BCUT2D eigenvalue weighted by molar-refractivity contribution is 5.85. The van der Waals surface area contributed by atoms with E-state index in [-0.39, 0.29) is 23.7 Å². The first-order valence-corrected chi connectivity index (χ1v) is 10.0. The third-order valence-electron chi connectivity index (χ3n) is 9.02. The number of hydrogen-bond donors (Lipinski definition) is 3. The van der Waals surface area contributed by atoms with Gasteiger partial charge in [0.15, 0.2) is 0 Å². The van der Waals surface area contributed by atoms with Crippen molar-refractivity contribution < 1.29 is 29.6 Å². The molecule has 6 heteroatoms. The molecule has 1 heterocycles. The Balaban J connectivity index is 1.73. The smallest absolute Gasteiger partial charge is 0.331 e. The van der Waals surface area contributed by atoms with Crippen molar-refractivity contribution in [1.82, 2.24) is 0 Å². The zero-order chi connectivity index (χ0) is 19.8. The van der Waals surface area contributed by atoms with Gasteiger partial charge in [-0.1, -0.05) is 6.92 Å². The van der Waals surface area contributed by atoms with Crippen LogP contribution < -0.4 is 0 Å². The third-order valence-corrected chi connectivity index (χ3v) is 9.02. The number of fused-ring (bicyclic) bond motifs is 3. The number of carboxylic acids is 1. The van der Waals surface area contributed by atoms with Gasteiger partial charge in [0.2, 0.25) is 0 Å². The molecule has 0 saturated heterocycles. The van der Waals surface area contributed by atoms with Crippen LogP contribution in [0.3, 0.4) is 0 Å². The van der Waals surface area contributed by atoms with Gasteiger partial charge < -0.3 is 20.1 Å². The molecule has 3 N–H and O–H groups in total. The zero-order valence-electron chi connectivity index (χ0n) is 16.3. The number of carboxylic acid groups (broad SMARTS) is 1. The standard InChI is InChI=1S/C21H30O6/c1-18-7-4-14-15(5-8-19(2,25)20(14,3)17(23)24)21(18,26)9-6-13(18)12-10-16(22)27-11-12/h10,13-15,25-26H,4-9,11H2,1-3H3,(H,23,24)/t13-,14-,15+,18+,19-,20-,21-/m0/s1. The summed E-state index contributed by atoms with van der Waals surface area (Å²) in [7, 11) is 0. The van der Waals surface area contributed by atoms with Crippen LogP contribution in [-0.2, 0) is 14.3 Å². The Morgan fingerprint density at radius 2 is 1.74 bits per heavy atom. The highest BCUT2D eigenvalue weighted by atomic mass is 16.5. The molecule has 1 aliphatic heterocycles. The minimum atomic E-state index is -1.30. The van der Waals surface area contributed by atoms with E-state index in [4.69, 9.17) is 4.74 Å². The van der Waals surface area contributed by atoms with E-state index in [1.165, 1.54) is 0 Å². The lowest BCUT2D eigenvalue weighted by Crippen LogP contribution is -2.67. The first kappa shape index (κ1) is 18.9. The average Bonchev–Trinajstić information content (AvgIpc) is 3.11. The van der Waals surface area contributed by atoms with Crippen LogP contribution in [0.5, 0.6) is 0 Å². The summed E-state index contributed by atoms with van der Waals surface area (Å²) in [4.78, 5) is 23.8. The van der Waals surface area contributed by atoms with E-state index >= 15 is 0 Å². The summed E-state index contributed by atoms with van der Waals surface area (Å²) in [6.45, 7) is 5.66. The van der Waals surface area contributed by atoms with Gasteiger partial charge in [0.05, 0.1) is 16.6 Å². The average molecular weight is 378 g/mol. The fraction of sp³-hybridized carbons (Fsp3) is 0.810. The lowest BCUT2D eigenvalue weighted by molar-refractivity contribution is -0.236. The molecule has 150 valence electrons. The lowest BCUT2D eigenvalue weighted by atomic mass is 9.44. The van der Waals surface area contributed by atoms with E-state index in [2.05, 4.69) is 6.92 Å². The Bertz CT molecular complexity index is 726. The van der Waals surface area contributed by atoms with Gasteiger partial charge >= 0.3 is 11.9 Å². The van der Waals surface area contributed by atoms with Crippen LogP contribution in [-0.4, -0.2) is 45.1 Å². The van der Waals surface area contributed by atoms with E-state index in [1.807, 2.05) is 0 Å². The van der Waals surface area contributed by atoms with Gasteiger partial charge in [0.1, 0.15) is 6.61 Å². The van der Waals surface area contributed by atoms with Crippen LogP contribution in [0.15, 0.2) is 11.6 Å². The zero-order valence-corrected chi connectivity index (χ0v) is 16.3. The molecule has 4 aliphatic rings. The number of cyclic esters (lactones) is 1. The first-order chi connectivity index (χ1) is 12.5. The number of ether oxygens (including phenoxy) is 1. The van der Waals surface area contributed by atoms with Gasteiger partial charge in [-0.25, -0.2) is 4.79 Å². The van der Waals surface area contributed by atoms with Gasteiger partial charge in [-0.3, -0.25) is 4.79 Å². The van der Waals surface area contributed by atoms with E-state index in [9.17, 15) is 24.9 Å². The minimum absolute atomic E-state index is 0.0772. The molecule has 6 nitrogen and oxygen atoms in total. The molecule has 0 aromatic rings. The van der Waals surface area contributed by atoms with Crippen LogP contribution in [0.4, 0.5) is 0 Å². The third kappa shape index (κ3) is 2.20. The maximum Gasteiger partial charge on any atom is 0.331 e. The molecule has 3 saturated carbocycles. The van der Waals surface area contributed by atoms with E-state index in [0.29, 0.717) is 38.7 Å². The number of carbonyl (C=O) groups excluding carboxylic acids is 1. The van der Waals surface area contributed by atoms with Crippen LogP contribution in [0.25, 0.3) is 0 Å². The quantitative estimate of drug-likeness (QED) is 0.637. The second kappa shape index (κ2) is 5.57. The summed E-state index contributed by atoms with van der Waals surface area (Å²) in [5.74, 6) is -1.66. The number of esters is 1. The molecule has 3 fully saturated rings. The normalized spacial score (nSPS) is 52.0. The number of aliphatic carboxylic acids is 1. The Morgan fingerprint density at radius 3 is 2.33 bits per heavy atom. The molecular weight excluding hydrogens is 348 g/mol. The Hall–Kier alpha value is -1.40. The van der Waals surface area contributed by atoms with Crippen molar-refractivity contribution in [1.29, 1.82) is 0 Å². The van der Waals surface area contributed by atoms with Crippen molar-refractivity contribution in [2.75, 3.05) is 6.61 Å². The van der Waals surface area contributed by atoms with E-state index in [1.54, 1.807) is 19.9 Å². The largest absolute Gasteiger partial charge is 0.481 e. The SMILES string of the molecule is C[C@]1(O)CC[C@@H]2[C@H](CC[C@]3(C)[C@H](C4=CC(=O)OC4)CC[C@]23O)[C@@]1(C)C(=O)O. The van der Waals surface area contributed by atoms with Crippen LogP contribution in [0, 0.1) is 28.6 Å². The van der Waals surface area contributed by atoms with Crippen LogP contribution >= 0.6 is 0 Å². The predicted octanol–water partition coefficient (Wildman–Crippen LogP) is 2.28. The van der Waals surface area contributed by atoms with E-state index < -0.39 is 28.0 Å². The molecule has 0 aromatic carbocycles. The highest BCUT2D eigenvalue weighted by Gasteiger charge is 2.70. The molecule has 0 bridgehead atoms. The summed E-state index contributed by atoms with van der Waals surface area (Å²) >= 11 is 0. The fourth-order valence-electron chi connectivity index (χ4n) is 7.06. The van der Waals surface area contributed by atoms with Crippen molar-refractivity contribution in [3.05, 3.63) is 11.6 Å². The summed E-state index contributed by atoms with van der Waals surface area (Å²) in [6, 6.07) is 0. The summed E-state index contributed by atoms with van der Waals surface area (Å²) in [5.41, 5.74) is -3.01. The van der Waals surface area contributed by atoms with Crippen molar-refractivity contribution in [2.45, 2.75) is 70.5 Å². The second-order valence-electron chi connectivity index (χ2n) is 9.83. The van der Waals surface area contributed by atoms with Crippen molar-refractivity contribution in [3.8, 4) is 0 Å². The molecule has 0 radical (unpaired) electrons. The van der Waals surface area contributed by atoms with Gasteiger partial charge in [0, 0.05) is 11.5 Å². The second-order valence-corrected chi connectivity index (χ2v) is 9.83. The van der Waals surface area contributed by atoms with Gasteiger partial charge in [-0.2, -0.15) is 0 Å². The Labute approximate surface area is 159 Å². The van der Waals surface area contributed by atoms with Crippen LogP contribution in [0.2, 0.25) is 0 Å². The van der Waals surface area contributed by atoms with Crippen molar-refractivity contribution >= 4 is 11.9 Å². The van der Waals surface area contributed by atoms with Gasteiger partial charge in [-0.05, 0) is 75.7 Å². The number of carbonyl (C=O) groups is 2. The predicted molar refractivity (Wildman–Crippen MR) is 96.6 cm³/mol. The molecule has 0 amide bonds. The molecule has 4 rings (SSSR count). The lowest BCUT2D eigenvalue weighted by Gasteiger charge is -2.62. The number of aliphatic hydroxyl groups is 2. The molecule has 27 heavy (non-hydrogen) atoms. The van der Waals surface area contributed by atoms with E-state index in [0.717, 1.165) is 12.0 Å².